The van der Waals surface area contributed by atoms with E-state index in [9.17, 15) is 8.42 Å². The van der Waals surface area contributed by atoms with Crippen LogP contribution in [0.25, 0.3) is 0 Å². The molecule has 0 fully saturated rings. The molecule has 108 valence electrons. The van der Waals surface area contributed by atoms with E-state index >= 15 is 0 Å². The monoisotopic (exact) mass is 352 g/mol. The summed E-state index contributed by atoms with van der Waals surface area (Å²) in [7, 11) is -2.32. The first kappa shape index (κ1) is 16.4. The van der Waals surface area contributed by atoms with Crippen LogP contribution in [0.1, 0.15) is 5.56 Å². The Balaban J connectivity index is 3.10. The van der Waals surface area contributed by atoms with E-state index in [1.54, 1.807) is 13.0 Å². The second-order valence-electron chi connectivity index (χ2n) is 4.10. The lowest BCUT2D eigenvalue weighted by atomic mass is 10.2. The van der Waals surface area contributed by atoms with E-state index in [0.29, 0.717) is 15.7 Å². The summed E-state index contributed by atoms with van der Waals surface area (Å²) in [6.07, 6.45) is 0. The van der Waals surface area contributed by atoms with Gasteiger partial charge in [0, 0.05) is 17.3 Å². The van der Waals surface area contributed by atoms with Crippen LogP contribution in [-0.2, 0) is 14.8 Å². The second-order valence-corrected chi connectivity index (χ2v) is 6.63. The summed E-state index contributed by atoms with van der Waals surface area (Å²) < 4.78 is 32.3. The van der Waals surface area contributed by atoms with Gasteiger partial charge in [0.1, 0.15) is 0 Å². The van der Waals surface area contributed by atoms with Crippen molar-refractivity contribution in [3.63, 3.8) is 0 Å². The third kappa shape index (κ3) is 4.15. The number of ether oxygens (including phenoxy) is 1. The highest BCUT2D eigenvalue weighted by Crippen LogP contribution is 2.26. The molecule has 1 unspecified atom stereocenters. The molecule has 0 radical (unpaired) electrons. The fourth-order valence-corrected chi connectivity index (χ4v) is 3.50. The summed E-state index contributed by atoms with van der Waals surface area (Å²) in [5, 5.41) is 9.10. The predicted molar refractivity (Wildman–Crippen MR) is 76.4 cm³/mol. The zero-order chi connectivity index (χ0) is 14.6. The average molecular weight is 353 g/mol. The molecule has 6 nitrogen and oxygen atoms in total. The average Bonchev–Trinajstić information content (AvgIpc) is 2.32. The maximum atomic E-state index is 12.2. The number of aliphatic hydroxyl groups excluding tert-OH is 1. The number of nitrogens with one attached hydrogen (secondary N) is 1. The van der Waals surface area contributed by atoms with Crippen LogP contribution >= 0.6 is 15.9 Å². The lowest BCUT2D eigenvalue weighted by Gasteiger charge is -2.17. The maximum absolute atomic E-state index is 12.2. The van der Waals surface area contributed by atoms with Crippen molar-refractivity contribution in [3.05, 3.63) is 22.2 Å². The third-order valence-corrected chi connectivity index (χ3v) is 4.84. The molecule has 1 rings (SSSR count). The first-order chi connectivity index (χ1) is 8.81. The number of aliphatic hydroxyl groups is 1. The summed E-state index contributed by atoms with van der Waals surface area (Å²) in [5.41, 5.74) is 6.58. The molecule has 0 bridgehead atoms. The molecule has 1 aromatic rings. The zero-order valence-corrected chi connectivity index (χ0v) is 13.1. The van der Waals surface area contributed by atoms with Gasteiger partial charge in [-0.15, -0.1) is 0 Å². The van der Waals surface area contributed by atoms with Crippen LogP contribution in [-0.4, -0.2) is 39.9 Å². The number of anilines is 1. The van der Waals surface area contributed by atoms with Crippen molar-refractivity contribution in [1.29, 1.82) is 0 Å². The molecule has 0 saturated heterocycles. The van der Waals surface area contributed by atoms with E-state index in [0.717, 1.165) is 0 Å². The van der Waals surface area contributed by atoms with Crippen molar-refractivity contribution in [2.24, 2.45) is 0 Å². The molecule has 1 aromatic carbocycles. The van der Waals surface area contributed by atoms with Crippen LogP contribution in [0.2, 0.25) is 0 Å². The van der Waals surface area contributed by atoms with E-state index in [4.69, 9.17) is 15.6 Å². The summed E-state index contributed by atoms with van der Waals surface area (Å²) in [6, 6.07) is 2.32. The van der Waals surface area contributed by atoms with Crippen molar-refractivity contribution >= 4 is 31.6 Å². The molecule has 4 N–H and O–H groups in total. The number of nitrogen functional groups attached to an aromatic ring is 1. The van der Waals surface area contributed by atoms with E-state index in [1.807, 2.05) is 0 Å². The predicted octanol–water partition coefficient (Wildman–Crippen LogP) is 0.625. The Kier molecular flexibility index (Phi) is 5.75. The maximum Gasteiger partial charge on any atom is 0.241 e. The van der Waals surface area contributed by atoms with Crippen LogP contribution in [0.15, 0.2) is 21.5 Å². The Hall–Kier alpha value is -0.670. The molecular weight excluding hydrogens is 336 g/mol. The lowest BCUT2D eigenvalue weighted by molar-refractivity contribution is 0.139. The number of hydrogen-bond donors (Lipinski definition) is 3. The number of sulfonamides is 1. The molecule has 1 atom stereocenters. The van der Waals surface area contributed by atoms with Crippen molar-refractivity contribution in [2.75, 3.05) is 26.1 Å². The zero-order valence-electron chi connectivity index (χ0n) is 10.7. The van der Waals surface area contributed by atoms with Gasteiger partial charge in [-0.2, -0.15) is 0 Å². The molecular formula is C11H17BrN2O4S. The van der Waals surface area contributed by atoms with Crippen LogP contribution in [0.5, 0.6) is 0 Å². The summed E-state index contributed by atoms with van der Waals surface area (Å²) in [6.45, 7) is 1.40. The molecule has 19 heavy (non-hydrogen) atoms. The van der Waals surface area contributed by atoms with E-state index in [-0.39, 0.29) is 18.1 Å². The Labute approximate surface area is 121 Å². The summed E-state index contributed by atoms with van der Waals surface area (Å²) in [5.74, 6) is 0. The van der Waals surface area contributed by atoms with E-state index in [2.05, 4.69) is 20.7 Å². The summed E-state index contributed by atoms with van der Waals surface area (Å²) >= 11 is 3.24. The number of hydrogen-bond acceptors (Lipinski definition) is 5. The van der Waals surface area contributed by atoms with E-state index < -0.39 is 16.1 Å². The second kappa shape index (κ2) is 6.67. The SMILES string of the molecule is COCC(CO)NS(=O)(=O)c1cc(N)c(Br)cc1C. The van der Waals surface area contributed by atoms with Crippen molar-refractivity contribution < 1.29 is 18.3 Å². The third-order valence-electron chi connectivity index (χ3n) is 2.49. The molecule has 0 saturated carbocycles. The number of benzene rings is 1. The van der Waals surface area contributed by atoms with Crippen molar-refractivity contribution in [1.82, 2.24) is 4.72 Å². The number of halogens is 1. The first-order valence-corrected chi connectivity index (χ1v) is 7.77. The van der Waals surface area contributed by atoms with Crippen LogP contribution < -0.4 is 10.5 Å². The fraction of sp³-hybridized carbons (Fsp3) is 0.455. The minimum Gasteiger partial charge on any atom is -0.398 e. The minimum absolute atomic E-state index is 0.0841. The van der Waals surface area contributed by atoms with Crippen molar-refractivity contribution in [2.45, 2.75) is 17.9 Å². The van der Waals surface area contributed by atoms with Gasteiger partial charge in [-0.25, -0.2) is 13.1 Å². The minimum atomic E-state index is -3.75. The molecule has 0 aromatic heterocycles. The Morgan fingerprint density at radius 1 is 1.53 bits per heavy atom. The standard InChI is InChI=1S/C11H17BrN2O4S/c1-7-3-9(12)10(13)4-11(7)19(16,17)14-8(5-15)6-18-2/h3-4,8,14-15H,5-6,13H2,1-2H3. The van der Waals surface area contributed by atoms with E-state index in [1.165, 1.54) is 13.2 Å². The molecule has 0 spiro atoms. The first-order valence-electron chi connectivity index (χ1n) is 5.49. The molecule has 0 aliphatic heterocycles. The number of methoxy groups -OCH3 is 1. The quantitative estimate of drug-likeness (QED) is 0.651. The van der Waals surface area contributed by atoms with Crippen LogP contribution in [0.4, 0.5) is 5.69 Å². The Bertz CT molecular complexity index is 548. The topological polar surface area (TPSA) is 102 Å². The fourth-order valence-electron chi connectivity index (χ4n) is 1.57. The number of nitrogens with two attached hydrogens (primary N) is 1. The highest BCUT2D eigenvalue weighted by molar-refractivity contribution is 9.10. The van der Waals surface area contributed by atoms with Gasteiger partial charge < -0.3 is 15.6 Å². The van der Waals surface area contributed by atoms with Gasteiger partial charge in [0.25, 0.3) is 0 Å². The van der Waals surface area contributed by atoms with Gasteiger partial charge in [0.2, 0.25) is 10.0 Å². The largest absolute Gasteiger partial charge is 0.398 e. The van der Waals surface area contributed by atoms with Gasteiger partial charge in [-0.05, 0) is 40.5 Å². The molecule has 8 heteroatoms. The van der Waals surface area contributed by atoms with Gasteiger partial charge >= 0.3 is 0 Å². The molecule has 0 aliphatic carbocycles. The highest BCUT2D eigenvalue weighted by Gasteiger charge is 2.22. The molecule has 0 heterocycles. The van der Waals surface area contributed by atoms with Gasteiger partial charge in [-0.3, -0.25) is 0 Å². The number of aryl methyl sites for hydroxylation is 1. The summed E-state index contributed by atoms with van der Waals surface area (Å²) in [4.78, 5) is 0.0859. The van der Waals surface area contributed by atoms with Crippen molar-refractivity contribution in [3.8, 4) is 0 Å². The number of rotatable bonds is 6. The van der Waals surface area contributed by atoms with Crippen LogP contribution in [0.3, 0.4) is 0 Å². The normalized spacial score (nSPS) is 13.5. The Morgan fingerprint density at radius 2 is 2.16 bits per heavy atom. The Morgan fingerprint density at radius 3 is 2.68 bits per heavy atom. The van der Waals surface area contributed by atoms with Gasteiger partial charge in [-0.1, -0.05) is 0 Å². The lowest BCUT2D eigenvalue weighted by Crippen LogP contribution is -2.40. The highest BCUT2D eigenvalue weighted by atomic mass is 79.9. The molecule has 0 amide bonds. The van der Waals surface area contributed by atoms with Gasteiger partial charge in [0.05, 0.1) is 24.2 Å². The molecule has 0 aliphatic rings. The van der Waals surface area contributed by atoms with Gasteiger partial charge in [0.15, 0.2) is 0 Å². The smallest absolute Gasteiger partial charge is 0.241 e. The van der Waals surface area contributed by atoms with Crippen LogP contribution in [0, 0.1) is 6.92 Å².